The summed E-state index contributed by atoms with van der Waals surface area (Å²) in [7, 11) is 1.41. The van der Waals surface area contributed by atoms with E-state index in [4.69, 9.17) is 27.9 Å². The maximum atomic E-state index is 13.8. The van der Waals surface area contributed by atoms with Crippen LogP contribution in [0.4, 0.5) is 0 Å². The second kappa shape index (κ2) is 9.38. The third-order valence-corrected chi connectivity index (χ3v) is 10.9. The number of nitrogens with zero attached hydrogens (tertiary/aromatic N) is 2. The van der Waals surface area contributed by atoms with Crippen molar-refractivity contribution in [2.75, 3.05) is 19.1 Å². The Balaban J connectivity index is 1.74. The highest BCUT2D eigenvalue weighted by atomic mass is 127. The third kappa shape index (κ3) is 3.50. The largest absolute Gasteiger partial charge is 0.504 e. The summed E-state index contributed by atoms with van der Waals surface area (Å²) in [6.45, 7) is 2.22. The van der Waals surface area contributed by atoms with Gasteiger partial charge in [-0.3, -0.25) is 29.0 Å². The van der Waals surface area contributed by atoms with Gasteiger partial charge >= 0.3 is 0 Å². The number of imide groups is 2. The first kappa shape index (κ1) is 27.2. The molecule has 0 bridgehead atoms. The molecule has 6 atom stereocenters. The van der Waals surface area contributed by atoms with Gasteiger partial charge < -0.3 is 9.84 Å². The lowest BCUT2D eigenvalue weighted by Crippen LogP contribution is -2.60. The number of hydrogen-bond donors (Lipinski definition) is 1. The van der Waals surface area contributed by atoms with Crippen LogP contribution in [0.25, 0.3) is 0 Å². The smallest absolute Gasteiger partial charge is 0.254 e. The summed E-state index contributed by atoms with van der Waals surface area (Å²) in [6, 6.07) is 3.26. The number of benzene rings is 1. The number of alkyl halides is 3. The molecule has 0 radical (unpaired) electrons. The minimum Gasteiger partial charge on any atom is -0.504 e. The monoisotopic (exact) mass is 724 g/mol. The van der Waals surface area contributed by atoms with Crippen LogP contribution in [-0.2, 0) is 19.2 Å². The Morgan fingerprint density at radius 2 is 1.84 bits per heavy atom. The Morgan fingerprint density at radius 3 is 2.46 bits per heavy atom. The van der Waals surface area contributed by atoms with Crippen LogP contribution < -0.4 is 4.74 Å². The maximum Gasteiger partial charge on any atom is 0.254 e. The maximum absolute atomic E-state index is 13.8. The Kier molecular flexibility index (Phi) is 6.89. The van der Waals surface area contributed by atoms with Crippen molar-refractivity contribution >= 4 is 85.4 Å². The van der Waals surface area contributed by atoms with Gasteiger partial charge in [-0.2, -0.15) is 0 Å². The van der Waals surface area contributed by atoms with Gasteiger partial charge in [-0.15, -0.1) is 23.2 Å². The van der Waals surface area contributed by atoms with Crippen LogP contribution in [0.1, 0.15) is 37.7 Å². The number of carbonyl (C=O) groups is 4. The van der Waals surface area contributed by atoms with E-state index in [1.54, 1.807) is 12.1 Å². The molecular formula is C25H24BrCl2IN2O6. The molecule has 5 rings (SSSR count). The average Bonchev–Trinajstić information content (AvgIpc) is 3.19. The number of ether oxygens (including phenoxy) is 1. The van der Waals surface area contributed by atoms with Crippen molar-refractivity contribution in [1.29, 1.82) is 0 Å². The van der Waals surface area contributed by atoms with Crippen molar-refractivity contribution in [3.05, 3.63) is 32.9 Å². The number of amides is 4. The van der Waals surface area contributed by atoms with Crippen molar-refractivity contribution in [2.45, 2.75) is 41.9 Å². The number of phenols is 1. The number of carbonyl (C=O) groups excluding carboxylic acids is 4. The van der Waals surface area contributed by atoms with Crippen LogP contribution >= 0.6 is 61.7 Å². The molecule has 3 fully saturated rings. The minimum absolute atomic E-state index is 0.0546. The summed E-state index contributed by atoms with van der Waals surface area (Å²) in [5.41, 5.74) is 1.13. The molecule has 1 aromatic carbocycles. The fourth-order valence-electron chi connectivity index (χ4n) is 6.55. The second-order valence-electron chi connectivity index (χ2n) is 9.87. The number of allylic oxidation sites excluding steroid dienone is 2. The molecule has 2 heterocycles. The molecule has 2 saturated heterocycles. The average molecular weight is 726 g/mol. The Morgan fingerprint density at radius 1 is 1.14 bits per heavy atom. The first-order valence-corrected chi connectivity index (χ1v) is 14.8. The van der Waals surface area contributed by atoms with Gasteiger partial charge in [-0.1, -0.05) is 34.5 Å². The summed E-state index contributed by atoms with van der Waals surface area (Å²) < 4.78 is 5.83. The van der Waals surface area contributed by atoms with Crippen molar-refractivity contribution in [1.82, 2.24) is 9.80 Å². The van der Waals surface area contributed by atoms with Crippen LogP contribution in [0.3, 0.4) is 0 Å². The number of likely N-dealkylation sites (tertiary alicyclic amines) is 2. The van der Waals surface area contributed by atoms with Gasteiger partial charge in [0.1, 0.15) is 0 Å². The zero-order valence-electron chi connectivity index (χ0n) is 20.0. The highest BCUT2D eigenvalue weighted by molar-refractivity contribution is 14.1. The van der Waals surface area contributed by atoms with Crippen LogP contribution in [0.5, 0.6) is 11.5 Å². The van der Waals surface area contributed by atoms with Gasteiger partial charge in [0.15, 0.2) is 21.2 Å². The summed E-state index contributed by atoms with van der Waals surface area (Å²) >= 11 is 19.6. The molecule has 2 aliphatic heterocycles. The quantitative estimate of drug-likeness (QED) is 0.161. The molecule has 1 aromatic rings. The van der Waals surface area contributed by atoms with Crippen molar-refractivity contribution < 1.29 is 29.0 Å². The SMILES string of the molecule is CCCN1C(=O)C2CC=C3C(CC4(Cl)C(=O)N(CBr)C(=O)C4(Cl)C3c3cc(I)c(O)c(OC)c3)C2C1=O. The molecule has 2 aliphatic carbocycles. The van der Waals surface area contributed by atoms with E-state index in [1.807, 2.05) is 35.6 Å². The van der Waals surface area contributed by atoms with Crippen molar-refractivity contribution in [3.63, 3.8) is 0 Å². The number of methoxy groups -OCH3 is 1. The number of fused-ring (bicyclic) bond motifs is 4. The predicted octanol–water partition coefficient (Wildman–Crippen LogP) is 4.13. The molecule has 1 saturated carbocycles. The normalized spacial score (nSPS) is 34.9. The molecule has 4 aliphatic rings. The van der Waals surface area contributed by atoms with Gasteiger partial charge in [0.2, 0.25) is 11.8 Å². The summed E-state index contributed by atoms with van der Waals surface area (Å²) in [6.07, 6.45) is 2.78. The summed E-state index contributed by atoms with van der Waals surface area (Å²) in [5, 5.41) is 10.5. The summed E-state index contributed by atoms with van der Waals surface area (Å²) in [4.78, 5) is 52.7. The van der Waals surface area contributed by atoms with Crippen LogP contribution in [0, 0.1) is 21.3 Å². The van der Waals surface area contributed by atoms with E-state index >= 15 is 0 Å². The van der Waals surface area contributed by atoms with E-state index in [0.717, 1.165) is 4.90 Å². The fourth-order valence-corrected chi connectivity index (χ4v) is 8.60. The third-order valence-electron chi connectivity index (χ3n) is 8.16. The van der Waals surface area contributed by atoms with Gasteiger partial charge in [-0.05, 0) is 65.5 Å². The Hall–Kier alpha value is -1.37. The van der Waals surface area contributed by atoms with E-state index in [2.05, 4.69) is 15.9 Å². The zero-order valence-corrected chi connectivity index (χ0v) is 25.2. The van der Waals surface area contributed by atoms with Crippen LogP contribution in [0.15, 0.2) is 23.8 Å². The first-order valence-electron chi connectivity index (χ1n) is 11.9. The molecule has 0 spiro atoms. The van der Waals surface area contributed by atoms with Crippen LogP contribution in [0.2, 0.25) is 0 Å². The predicted molar refractivity (Wildman–Crippen MR) is 148 cm³/mol. The standard InChI is InChI=1S/C25H24BrCl2IN2O6/c1-3-6-30-20(33)13-5-4-12-14(17(13)21(30)34)9-24(27)22(35)31(10-26)23(36)25(24,28)18(12)11-7-15(29)19(32)16(8-11)37-2/h4,7-8,13-14,17-18,32H,3,5-6,9-10H2,1-2H3. The van der Waals surface area contributed by atoms with Crippen molar-refractivity contribution in [3.8, 4) is 11.5 Å². The van der Waals surface area contributed by atoms with Crippen LogP contribution in [-0.4, -0.2) is 67.4 Å². The molecule has 1 N–H and O–H groups in total. The lowest BCUT2D eigenvalue weighted by atomic mass is 9.56. The van der Waals surface area contributed by atoms with Gasteiger partial charge in [0.25, 0.3) is 11.8 Å². The molecule has 4 amide bonds. The molecule has 8 nitrogen and oxygen atoms in total. The highest BCUT2D eigenvalue weighted by Gasteiger charge is 2.76. The highest BCUT2D eigenvalue weighted by Crippen LogP contribution is 2.65. The molecule has 0 aromatic heterocycles. The van der Waals surface area contributed by atoms with Crippen molar-refractivity contribution in [2.24, 2.45) is 17.8 Å². The number of phenolic OH excluding ortho intramolecular Hbond substituents is 1. The molecular weight excluding hydrogens is 702 g/mol. The molecule has 12 heteroatoms. The fraction of sp³-hybridized carbons (Fsp3) is 0.520. The Bertz CT molecular complexity index is 1280. The lowest BCUT2D eigenvalue weighted by Gasteiger charge is -2.50. The lowest BCUT2D eigenvalue weighted by molar-refractivity contribution is -0.141. The molecule has 198 valence electrons. The Labute approximate surface area is 245 Å². The van der Waals surface area contributed by atoms with E-state index in [-0.39, 0.29) is 35.2 Å². The zero-order chi connectivity index (χ0) is 27.0. The second-order valence-corrected chi connectivity index (χ2v) is 12.8. The van der Waals surface area contributed by atoms with Gasteiger partial charge in [-0.25, -0.2) is 0 Å². The molecule has 6 unspecified atom stereocenters. The van der Waals surface area contributed by atoms with Gasteiger partial charge in [0.05, 0.1) is 28.0 Å². The number of aromatic hydroxyl groups is 1. The topological polar surface area (TPSA) is 104 Å². The number of halogens is 4. The van der Waals surface area contributed by atoms with E-state index in [1.165, 1.54) is 12.0 Å². The number of hydrogen-bond acceptors (Lipinski definition) is 6. The number of rotatable bonds is 5. The first-order chi connectivity index (χ1) is 17.5. The van der Waals surface area contributed by atoms with E-state index in [0.29, 0.717) is 34.1 Å². The molecule has 37 heavy (non-hydrogen) atoms. The van der Waals surface area contributed by atoms with Gasteiger partial charge in [0, 0.05) is 12.5 Å². The van der Waals surface area contributed by atoms with E-state index in [9.17, 15) is 24.3 Å². The summed E-state index contributed by atoms with van der Waals surface area (Å²) in [5.74, 6) is -4.39. The van der Waals surface area contributed by atoms with E-state index < -0.39 is 45.2 Å². The minimum atomic E-state index is -1.89.